The lowest BCUT2D eigenvalue weighted by Crippen LogP contribution is -2.28. The van der Waals surface area contributed by atoms with Crippen LogP contribution in [0.15, 0.2) is 17.7 Å². The molecule has 0 bridgehead atoms. The molecule has 26 heavy (non-hydrogen) atoms. The molecular formula is C21H29NO4. The molecule has 1 aromatic carbocycles. The Hall–Kier alpha value is -2.30. The van der Waals surface area contributed by atoms with Gasteiger partial charge in [-0.3, -0.25) is 9.59 Å². The molecule has 1 N–H and O–H groups in total. The molecule has 1 aromatic rings. The van der Waals surface area contributed by atoms with E-state index in [9.17, 15) is 9.59 Å². The van der Waals surface area contributed by atoms with Crippen molar-refractivity contribution in [2.45, 2.75) is 52.4 Å². The molecule has 0 unspecified atom stereocenters. The summed E-state index contributed by atoms with van der Waals surface area (Å²) in [4.78, 5) is 25.7. The molecule has 1 aliphatic rings. The maximum absolute atomic E-state index is 13.0. The van der Waals surface area contributed by atoms with Gasteiger partial charge < -0.3 is 14.8 Å². The molecule has 0 saturated carbocycles. The van der Waals surface area contributed by atoms with Crippen molar-refractivity contribution in [1.29, 1.82) is 0 Å². The minimum absolute atomic E-state index is 0.221. The van der Waals surface area contributed by atoms with E-state index >= 15 is 0 Å². The van der Waals surface area contributed by atoms with E-state index in [0.717, 1.165) is 43.2 Å². The molecule has 2 rings (SSSR count). The molecule has 142 valence electrons. The summed E-state index contributed by atoms with van der Waals surface area (Å²) in [5, 5.41) is 2.89. The first-order valence-electron chi connectivity index (χ1n) is 9.41. The second-order valence-corrected chi connectivity index (χ2v) is 6.50. The number of fused-ring (bicyclic) bond motifs is 1. The first-order valence-corrected chi connectivity index (χ1v) is 9.41. The molecule has 0 spiro atoms. The van der Waals surface area contributed by atoms with Crippen LogP contribution < -0.4 is 14.8 Å². The van der Waals surface area contributed by atoms with Gasteiger partial charge in [0.1, 0.15) is 0 Å². The van der Waals surface area contributed by atoms with Gasteiger partial charge in [-0.25, -0.2) is 0 Å². The van der Waals surface area contributed by atoms with Crippen LogP contribution in [-0.4, -0.2) is 32.5 Å². The summed E-state index contributed by atoms with van der Waals surface area (Å²) in [6.07, 6.45) is 5.68. The Kier molecular flexibility index (Phi) is 7.25. The zero-order valence-corrected chi connectivity index (χ0v) is 16.2. The van der Waals surface area contributed by atoms with Gasteiger partial charge in [-0.1, -0.05) is 33.1 Å². The van der Waals surface area contributed by atoms with Crippen LogP contribution in [0.25, 0.3) is 5.57 Å². The van der Waals surface area contributed by atoms with Crippen LogP contribution in [0.3, 0.4) is 0 Å². The lowest BCUT2D eigenvalue weighted by molar-refractivity contribution is -0.117. The molecular weight excluding hydrogens is 330 g/mol. The number of unbranched alkanes of at least 4 members (excludes halogenated alkanes) is 3. The summed E-state index contributed by atoms with van der Waals surface area (Å²) in [5.41, 5.74) is 2.43. The quantitative estimate of drug-likeness (QED) is 0.503. The third kappa shape index (κ3) is 4.09. The van der Waals surface area contributed by atoms with Crippen LogP contribution >= 0.6 is 0 Å². The summed E-state index contributed by atoms with van der Waals surface area (Å²) >= 11 is 0. The van der Waals surface area contributed by atoms with Gasteiger partial charge in [0.15, 0.2) is 17.3 Å². The Morgan fingerprint density at radius 3 is 2.15 bits per heavy atom. The Balaban J connectivity index is 2.43. The SMILES string of the molecule is CCCCCC1=C(C(=O)NCCCC)C(=O)c2cc(OC)c(OC)cc21. The first kappa shape index (κ1) is 20.0. The normalized spacial score (nSPS) is 13.0. The molecule has 0 atom stereocenters. The highest BCUT2D eigenvalue weighted by molar-refractivity contribution is 6.34. The standard InChI is InChI=1S/C21H29NO4/c1-5-7-9-10-14-15-12-17(25-3)18(26-4)13-16(15)20(23)19(14)21(24)22-11-8-6-2/h12-13H,5-11H2,1-4H3,(H,22,24). The van der Waals surface area contributed by atoms with Gasteiger partial charge in [0.05, 0.1) is 19.8 Å². The molecule has 1 aliphatic carbocycles. The fraction of sp³-hybridized carbons (Fsp3) is 0.524. The highest BCUT2D eigenvalue weighted by Crippen LogP contribution is 2.42. The van der Waals surface area contributed by atoms with Crippen molar-refractivity contribution in [2.24, 2.45) is 0 Å². The summed E-state index contributed by atoms with van der Waals surface area (Å²) in [7, 11) is 3.11. The largest absolute Gasteiger partial charge is 0.493 e. The summed E-state index contributed by atoms with van der Waals surface area (Å²) in [6.45, 7) is 4.78. The van der Waals surface area contributed by atoms with Gasteiger partial charge in [-0.15, -0.1) is 0 Å². The van der Waals surface area contributed by atoms with E-state index in [0.29, 0.717) is 30.0 Å². The molecule has 1 amide bonds. The molecule has 0 fully saturated rings. The van der Waals surface area contributed by atoms with Gasteiger partial charge in [-0.2, -0.15) is 0 Å². The van der Waals surface area contributed by atoms with Crippen molar-refractivity contribution in [3.05, 3.63) is 28.8 Å². The zero-order chi connectivity index (χ0) is 19.1. The number of amides is 1. The predicted octanol–water partition coefficient (Wildman–Crippen LogP) is 4.15. The minimum Gasteiger partial charge on any atom is -0.493 e. The predicted molar refractivity (Wildman–Crippen MR) is 103 cm³/mol. The van der Waals surface area contributed by atoms with Crippen molar-refractivity contribution in [1.82, 2.24) is 5.32 Å². The fourth-order valence-electron chi connectivity index (χ4n) is 3.24. The Labute approximate surface area is 155 Å². The van der Waals surface area contributed by atoms with Crippen molar-refractivity contribution >= 4 is 17.3 Å². The molecule has 0 saturated heterocycles. The van der Waals surface area contributed by atoms with E-state index in [4.69, 9.17) is 9.47 Å². The smallest absolute Gasteiger partial charge is 0.255 e. The maximum atomic E-state index is 13.0. The molecule has 0 aromatic heterocycles. The van der Waals surface area contributed by atoms with E-state index in [1.54, 1.807) is 13.2 Å². The van der Waals surface area contributed by atoms with Crippen LogP contribution in [0.4, 0.5) is 0 Å². The lowest BCUT2D eigenvalue weighted by atomic mass is 9.98. The summed E-state index contributed by atoms with van der Waals surface area (Å²) in [6, 6.07) is 3.50. The average Bonchev–Trinajstić information content (AvgIpc) is 2.92. The highest BCUT2D eigenvalue weighted by Gasteiger charge is 2.34. The van der Waals surface area contributed by atoms with E-state index in [1.165, 1.54) is 7.11 Å². The number of rotatable bonds is 10. The minimum atomic E-state index is -0.274. The molecule has 0 aliphatic heterocycles. The lowest BCUT2D eigenvalue weighted by Gasteiger charge is -2.11. The fourth-order valence-corrected chi connectivity index (χ4v) is 3.24. The summed E-state index contributed by atoms with van der Waals surface area (Å²) < 4.78 is 10.7. The number of methoxy groups -OCH3 is 2. The number of allylic oxidation sites excluding steroid dienone is 1. The van der Waals surface area contributed by atoms with Crippen molar-refractivity contribution in [2.75, 3.05) is 20.8 Å². The number of hydrogen-bond acceptors (Lipinski definition) is 4. The van der Waals surface area contributed by atoms with E-state index in [1.807, 2.05) is 6.07 Å². The van der Waals surface area contributed by atoms with Crippen LogP contribution in [0.2, 0.25) is 0 Å². The number of carbonyl (C=O) groups is 2. The second-order valence-electron chi connectivity index (χ2n) is 6.50. The van der Waals surface area contributed by atoms with Gasteiger partial charge >= 0.3 is 0 Å². The van der Waals surface area contributed by atoms with Crippen LogP contribution in [0.1, 0.15) is 68.3 Å². The molecule has 0 heterocycles. The number of nitrogens with one attached hydrogen (secondary N) is 1. The van der Waals surface area contributed by atoms with E-state index in [2.05, 4.69) is 19.2 Å². The zero-order valence-electron chi connectivity index (χ0n) is 16.2. The van der Waals surface area contributed by atoms with Crippen molar-refractivity contribution < 1.29 is 19.1 Å². The summed E-state index contributed by atoms with van der Waals surface area (Å²) in [5.74, 6) is 0.574. The molecule has 0 radical (unpaired) electrons. The van der Waals surface area contributed by atoms with Gasteiger partial charge in [0, 0.05) is 12.1 Å². The van der Waals surface area contributed by atoms with Gasteiger partial charge in [0.25, 0.3) is 5.91 Å². The Bertz CT molecular complexity index is 706. The van der Waals surface area contributed by atoms with Gasteiger partial charge in [-0.05, 0) is 42.5 Å². The Morgan fingerprint density at radius 2 is 1.58 bits per heavy atom. The number of carbonyl (C=O) groups excluding carboxylic acids is 2. The number of ketones is 1. The monoisotopic (exact) mass is 359 g/mol. The second kappa shape index (κ2) is 9.41. The van der Waals surface area contributed by atoms with E-state index in [-0.39, 0.29) is 17.3 Å². The highest BCUT2D eigenvalue weighted by atomic mass is 16.5. The number of hydrogen-bond donors (Lipinski definition) is 1. The maximum Gasteiger partial charge on any atom is 0.255 e. The Morgan fingerprint density at radius 1 is 0.962 bits per heavy atom. The number of benzene rings is 1. The van der Waals surface area contributed by atoms with Crippen molar-refractivity contribution in [3.63, 3.8) is 0 Å². The number of Topliss-reactive ketones (excluding diaryl/α,β-unsaturated/α-hetero) is 1. The number of ether oxygens (including phenoxy) is 2. The topological polar surface area (TPSA) is 64.6 Å². The van der Waals surface area contributed by atoms with Crippen LogP contribution in [0.5, 0.6) is 11.5 Å². The van der Waals surface area contributed by atoms with Gasteiger partial charge in [0.2, 0.25) is 0 Å². The van der Waals surface area contributed by atoms with E-state index < -0.39 is 0 Å². The molecule has 5 heteroatoms. The van der Waals surface area contributed by atoms with Crippen molar-refractivity contribution in [3.8, 4) is 11.5 Å². The van der Waals surface area contributed by atoms with Crippen LogP contribution in [0, 0.1) is 0 Å². The third-order valence-corrected chi connectivity index (χ3v) is 4.70. The average molecular weight is 359 g/mol. The molecule has 5 nitrogen and oxygen atoms in total. The van der Waals surface area contributed by atoms with Crippen LogP contribution in [-0.2, 0) is 4.79 Å². The first-order chi connectivity index (χ1) is 12.6. The third-order valence-electron chi connectivity index (χ3n) is 4.70.